The van der Waals surface area contributed by atoms with E-state index in [9.17, 15) is 4.79 Å². The topological polar surface area (TPSA) is 49.3 Å². The fourth-order valence-electron chi connectivity index (χ4n) is 2.01. The zero-order valence-electron chi connectivity index (χ0n) is 9.73. The molecule has 1 atom stereocenters. The van der Waals surface area contributed by atoms with Gasteiger partial charge in [-0.05, 0) is 37.0 Å². The third-order valence-corrected chi connectivity index (χ3v) is 3.06. The summed E-state index contributed by atoms with van der Waals surface area (Å²) in [4.78, 5) is 10.7. The maximum absolute atomic E-state index is 10.7. The number of carbonyl (C=O) groups is 1. The van der Waals surface area contributed by atoms with Crippen molar-refractivity contribution in [1.82, 2.24) is 5.32 Å². The molecule has 0 aromatic heterocycles. The minimum atomic E-state index is -0.873. The Morgan fingerprint density at radius 3 is 2.65 bits per heavy atom. The van der Waals surface area contributed by atoms with Crippen molar-refractivity contribution in [3.8, 4) is 0 Å². The molecule has 17 heavy (non-hydrogen) atoms. The number of nitrogens with one attached hydrogen (secondary N) is 1. The lowest BCUT2D eigenvalue weighted by atomic mass is 10.0. The highest BCUT2D eigenvalue weighted by Gasteiger charge is 2.08. The molecular formula is C14H17NO2. The van der Waals surface area contributed by atoms with Crippen LogP contribution in [0.1, 0.15) is 35.2 Å². The molecule has 0 saturated carbocycles. The second-order valence-corrected chi connectivity index (χ2v) is 4.36. The zero-order valence-corrected chi connectivity index (χ0v) is 9.73. The Morgan fingerprint density at radius 2 is 2.06 bits per heavy atom. The van der Waals surface area contributed by atoms with Gasteiger partial charge in [-0.15, -0.1) is 0 Å². The van der Waals surface area contributed by atoms with E-state index in [1.165, 1.54) is 6.42 Å². The van der Waals surface area contributed by atoms with E-state index in [2.05, 4.69) is 17.5 Å². The van der Waals surface area contributed by atoms with Gasteiger partial charge in [0.05, 0.1) is 5.56 Å². The minimum Gasteiger partial charge on any atom is -0.478 e. The van der Waals surface area contributed by atoms with Gasteiger partial charge in [-0.1, -0.05) is 24.3 Å². The molecule has 0 amide bonds. The molecule has 0 saturated heterocycles. The van der Waals surface area contributed by atoms with E-state index >= 15 is 0 Å². The maximum atomic E-state index is 10.7. The second-order valence-electron chi connectivity index (χ2n) is 4.36. The lowest BCUT2D eigenvalue weighted by Crippen LogP contribution is -2.29. The number of rotatable bonds is 4. The summed E-state index contributed by atoms with van der Waals surface area (Å²) in [6, 6.07) is 7.60. The predicted octanol–water partition coefficient (Wildman–Crippen LogP) is 2.58. The van der Waals surface area contributed by atoms with Gasteiger partial charge in [-0.3, -0.25) is 0 Å². The van der Waals surface area contributed by atoms with Crippen molar-refractivity contribution < 1.29 is 9.90 Å². The first-order valence-electron chi connectivity index (χ1n) is 5.96. The van der Waals surface area contributed by atoms with Gasteiger partial charge < -0.3 is 10.4 Å². The summed E-state index contributed by atoms with van der Waals surface area (Å²) >= 11 is 0. The lowest BCUT2D eigenvalue weighted by molar-refractivity contribution is 0.0697. The van der Waals surface area contributed by atoms with E-state index < -0.39 is 5.97 Å². The van der Waals surface area contributed by atoms with Crippen molar-refractivity contribution >= 4 is 5.97 Å². The molecule has 1 aliphatic carbocycles. The SMILES string of the molecule is O=C(O)c1ccc(CNC2CC=CCC2)cc1. The van der Waals surface area contributed by atoms with Crippen LogP contribution in [-0.2, 0) is 6.54 Å². The molecule has 90 valence electrons. The first-order chi connectivity index (χ1) is 8.25. The van der Waals surface area contributed by atoms with Crippen molar-refractivity contribution in [3.05, 3.63) is 47.5 Å². The van der Waals surface area contributed by atoms with Gasteiger partial charge in [-0.2, -0.15) is 0 Å². The number of hydrogen-bond donors (Lipinski definition) is 2. The van der Waals surface area contributed by atoms with Gasteiger partial charge in [0.2, 0.25) is 0 Å². The van der Waals surface area contributed by atoms with E-state index in [4.69, 9.17) is 5.11 Å². The summed E-state index contributed by atoms with van der Waals surface area (Å²) < 4.78 is 0. The van der Waals surface area contributed by atoms with Gasteiger partial charge in [0.15, 0.2) is 0 Å². The molecule has 3 heteroatoms. The van der Waals surface area contributed by atoms with Gasteiger partial charge >= 0.3 is 5.97 Å². The normalized spacial score (nSPS) is 19.2. The second kappa shape index (κ2) is 5.64. The highest BCUT2D eigenvalue weighted by molar-refractivity contribution is 5.87. The molecule has 3 nitrogen and oxygen atoms in total. The largest absolute Gasteiger partial charge is 0.478 e. The van der Waals surface area contributed by atoms with Gasteiger partial charge in [0, 0.05) is 12.6 Å². The Morgan fingerprint density at radius 1 is 1.29 bits per heavy atom. The predicted molar refractivity (Wildman–Crippen MR) is 67.0 cm³/mol. The Labute approximate surface area is 101 Å². The first-order valence-corrected chi connectivity index (χ1v) is 5.96. The Kier molecular flexibility index (Phi) is 3.94. The fourth-order valence-corrected chi connectivity index (χ4v) is 2.01. The van der Waals surface area contributed by atoms with Crippen molar-refractivity contribution in [2.24, 2.45) is 0 Å². The number of allylic oxidation sites excluding steroid dienone is 1. The number of carboxylic acid groups (broad SMARTS) is 1. The quantitative estimate of drug-likeness (QED) is 0.783. The molecule has 0 heterocycles. The van der Waals surface area contributed by atoms with Crippen LogP contribution in [-0.4, -0.2) is 17.1 Å². The van der Waals surface area contributed by atoms with Crippen molar-refractivity contribution in [3.63, 3.8) is 0 Å². The third kappa shape index (κ3) is 3.43. The number of hydrogen-bond acceptors (Lipinski definition) is 2. The molecule has 2 rings (SSSR count). The summed E-state index contributed by atoms with van der Waals surface area (Å²) in [6.07, 6.45) is 7.86. The molecule has 2 N–H and O–H groups in total. The minimum absolute atomic E-state index is 0.342. The summed E-state index contributed by atoms with van der Waals surface area (Å²) in [5, 5.41) is 12.3. The van der Waals surface area contributed by atoms with Gasteiger partial charge in [0.25, 0.3) is 0 Å². The smallest absolute Gasteiger partial charge is 0.335 e. The van der Waals surface area contributed by atoms with Crippen LogP contribution in [0.25, 0.3) is 0 Å². The van der Waals surface area contributed by atoms with E-state index in [-0.39, 0.29) is 0 Å². The van der Waals surface area contributed by atoms with E-state index in [1.54, 1.807) is 12.1 Å². The number of benzene rings is 1. The third-order valence-electron chi connectivity index (χ3n) is 3.06. The van der Waals surface area contributed by atoms with Crippen LogP contribution in [0.2, 0.25) is 0 Å². The Hall–Kier alpha value is -1.61. The summed E-state index contributed by atoms with van der Waals surface area (Å²) in [7, 11) is 0. The molecule has 1 aliphatic rings. The highest BCUT2D eigenvalue weighted by Crippen LogP contribution is 2.11. The zero-order chi connectivity index (χ0) is 12.1. The van der Waals surface area contributed by atoms with E-state index in [0.29, 0.717) is 11.6 Å². The van der Waals surface area contributed by atoms with Crippen LogP contribution < -0.4 is 5.32 Å². The average Bonchev–Trinajstić information content (AvgIpc) is 2.38. The molecule has 0 radical (unpaired) electrons. The van der Waals surface area contributed by atoms with Crippen molar-refractivity contribution in [2.45, 2.75) is 31.8 Å². The van der Waals surface area contributed by atoms with E-state index in [1.807, 2.05) is 12.1 Å². The molecule has 0 bridgehead atoms. The fraction of sp³-hybridized carbons (Fsp3) is 0.357. The standard InChI is InChI=1S/C14H17NO2/c16-14(17)12-8-6-11(7-9-12)10-15-13-4-2-1-3-5-13/h1-2,6-9,13,15H,3-5,10H2,(H,16,17). The Balaban J connectivity index is 1.86. The van der Waals surface area contributed by atoms with Crippen LogP contribution >= 0.6 is 0 Å². The molecule has 1 aromatic rings. The molecule has 1 aromatic carbocycles. The van der Waals surface area contributed by atoms with Gasteiger partial charge in [-0.25, -0.2) is 4.79 Å². The van der Waals surface area contributed by atoms with Crippen molar-refractivity contribution in [1.29, 1.82) is 0 Å². The van der Waals surface area contributed by atoms with Crippen LogP contribution in [0, 0.1) is 0 Å². The van der Waals surface area contributed by atoms with Crippen LogP contribution in [0.4, 0.5) is 0 Å². The first kappa shape index (κ1) is 11.9. The molecular weight excluding hydrogens is 214 g/mol. The molecule has 1 unspecified atom stereocenters. The van der Waals surface area contributed by atoms with Crippen LogP contribution in [0.5, 0.6) is 0 Å². The highest BCUT2D eigenvalue weighted by atomic mass is 16.4. The molecule has 0 aliphatic heterocycles. The number of carboxylic acids is 1. The van der Waals surface area contributed by atoms with E-state index in [0.717, 1.165) is 24.9 Å². The monoisotopic (exact) mass is 231 g/mol. The van der Waals surface area contributed by atoms with Crippen LogP contribution in [0.3, 0.4) is 0 Å². The van der Waals surface area contributed by atoms with Crippen molar-refractivity contribution in [2.75, 3.05) is 0 Å². The van der Waals surface area contributed by atoms with Gasteiger partial charge in [0.1, 0.15) is 0 Å². The van der Waals surface area contributed by atoms with Crippen LogP contribution in [0.15, 0.2) is 36.4 Å². The maximum Gasteiger partial charge on any atom is 0.335 e. The summed E-state index contributed by atoms with van der Waals surface area (Å²) in [5.74, 6) is -0.873. The molecule has 0 fully saturated rings. The number of aromatic carboxylic acids is 1. The Bertz CT molecular complexity index is 409. The lowest BCUT2D eigenvalue weighted by Gasteiger charge is -2.19. The summed E-state index contributed by atoms with van der Waals surface area (Å²) in [5.41, 5.74) is 1.47. The average molecular weight is 231 g/mol. The summed E-state index contributed by atoms with van der Waals surface area (Å²) in [6.45, 7) is 0.804. The molecule has 0 spiro atoms.